The number of hydrogen-bond donors (Lipinski definition) is 0. The second-order valence-electron chi connectivity index (χ2n) is 7.95. The van der Waals surface area contributed by atoms with E-state index in [-0.39, 0.29) is 16.9 Å². The number of carbonyl (C=O) groups excluding carboxylic acids is 8. The normalized spacial score (nSPS) is 20.0. The summed E-state index contributed by atoms with van der Waals surface area (Å²) in [4.78, 5) is 103. The van der Waals surface area contributed by atoms with Gasteiger partial charge in [-0.2, -0.15) is 0 Å². The van der Waals surface area contributed by atoms with Gasteiger partial charge < -0.3 is 0 Å². The van der Waals surface area contributed by atoms with Crippen molar-refractivity contribution < 1.29 is 38.4 Å². The monoisotopic (exact) mass is 486 g/mol. The van der Waals surface area contributed by atoms with Crippen molar-refractivity contribution in [2.75, 3.05) is 16.3 Å². The minimum absolute atomic E-state index is 0.0232. The van der Waals surface area contributed by atoms with Crippen molar-refractivity contribution in [2.24, 2.45) is 0 Å². The summed E-state index contributed by atoms with van der Waals surface area (Å²) in [6, 6.07) is 2.49. The van der Waals surface area contributed by atoms with E-state index in [9.17, 15) is 38.4 Å². The molecule has 0 aliphatic carbocycles. The average molecular weight is 486 g/mol. The van der Waals surface area contributed by atoms with Crippen LogP contribution in [0.15, 0.2) is 66.8 Å². The lowest BCUT2D eigenvalue weighted by molar-refractivity contribution is -0.145. The van der Waals surface area contributed by atoms with E-state index in [4.69, 9.17) is 0 Å². The van der Waals surface area contributed by atoms with E-state index in [2.05, 4.69) is 0 Å². The number of hydrogen-bond acceptors (Lipinski definition) is 8. The Morgan fingerprint density at radius 1 is 0.528 bits per heavy atom. The third kappa shape index (κ3) is 3.48. The molecule has 36 heavy (non-hydrogen) atoms. The zero-order chi connectivity index (χ0) is 25.7. The first kappa shape index (κ1) is 22.5. The Labute approximate surface area is 202 Å². The van der Waals surface area contributed by atoms with Crippen molar-refractivity contribution in [1.82, 2.24) is 9.80 Å². The molecule has 0 saturated carbocycles. The van der Waals surface area contributed by atoms with Crippen molar-refractivity contribution >= 4 is 58.6 Å². The fourth-order valence-electron chi connectivity index (χ4n) is 4.27. The van der Waals surface area contributed by atoms with E-state index in [0.29, 0.717) is 0 Å². The van der Waals surface area contributed by atoms with Gasteiger partial charge >= 0.3 is 0 Å². The Balaban J connectivity index is 1.69. The lowest BCUT2D eigenvalue weighted by Gasteiger charge is -2.33. The largest absolute Gasteiger partial charge is 0.273 e. The van der Waals surface area contributed by atoms with E-state index in [1.54, 1.807) is 0 Å². The molecule has 4 aliphatic heterocycles. The highest BCUT2D eigenvalue weighted by atomic mass is 16.2. The van der Waals surface area contributed by atoms with E-state index < -0.39 is 59.8 Å². The van der Waals surface area contributed by atoms with Crippen LogP contribution in [0.25, 0.3) is 0 Å². The average Bonchev–Trinajstić information content (AvgIpc) is 3.56. The maximum absolute atomic E-state index is 12.7. The number of benzene rings is 1. The number of anilines is 2. The van der Waals surface area contributed by atoms with Gasteiger partial charge in [-0.3, -0.25) is 48.2 Å². The standard InChI is InChI=1S/C24H14N4O8/c29-17-3-4-18(30)25(17)12-16(28-23(35)9-10-24(28)36)14-11-13(26-19(31)5-6-20(26)32)1-2-15(14)27-21(33)7-8-22(27)34/h1-11,16H,12H2. The van der Waals surface area contributed by atoms with Gasteiger partial charge in [-0.05, 0) is 18.2 Å². The van der Waals surface area contributed by atoms with Gasteiger partial charge in [0.25, 0.3) is 47.3 Å². The van der Waals surface area contributed by atoms with Crippen molar-refractivity contribution in [3.8, 4) is 0 Å². The van der Waals surface area contributed by atoms with E-state index >= 15 is 0 Å². The van der Waals surface area contributed by atoms with Crippen LogP contribution in [0.1, 0.15) is 11.6 Å². The maximum Gasteiger partial charge on any atom is 0.258 e. The summed E-state index contributed by atoms with van der Waals surface area (Å²) in [6.45, 7) is -0.510. The Hall–Kier alpha value is -5.26. The molecule has 0 aromatic heterocycles. The third-order valence-electron chi connectivity index (χ3n) is 5.90. The summed E-state index contributed by atoms with van der Waals surface area (Å²) in [5.74, 6) is -5.66. The van der Waals surface area contributed by atoms with Gasteiger partial charge in [-0.1, -0.05) is 0 Å². The molecule has 4 heterocycles. The molecule has 1 unspecified atom stereocenters. The summed E-state index contributed by atoms with van der Waals surface area (Å²) < 4.78 is 0. The molecule has 4 aliphatic rings. The Morgan fingerprint density at radius 2 is 0.972 bits per heavy atom. The second kappa shape index (κ2) is 8.20. The molecule has 1 atom stereocenters. The van der Waals surface area contributed by atoms with Gasteiger partial charge in [-0.25, -0.2) is 9.80 Å². The zero-order valence-corrected chi connectivity index (χ0v) is 18.2. The van der Waals surface area contributed by atoms with Crippen LogP contribution < -0.4 is 9.80 Å². The number of rotatable bonds is 6. The molecule has 0 radical (unpaired) electrons. The smallest absolute Gasteiger partial charge is 0.258 e. The van der Waals surface area contributed by atoms with Crippen LogP contribution in [0.5, 0.6) is 0 Å². The van der Waals surface area contributed by atoms with Gasteiger partial charge in [0.1, 0.15) is 0 Å². The molecule has 12 nitrogen and oxygen atoms in total. The highest BCUT2D eigenvalue weighted by Crippen LogP contribution is 2.38. The predicted molar refractivity (Wildman–Crippen MR) is 119 cm³/mol. The van der Waals surface area contributed by atoms with Crippen LogP contribution in [0, 0.1) is 0 Å². The Bertz CT molecular complexity index is 1380. The van der Waals surface area contributed by atoms with Crippen LogP contribution in [-0.4, -0.2) is 63.6 Å². The number of amides is 8. The molecule has 1 aromatic carbocycles. The van der Waals surface area contributed by atoms with Crippen molar-refractivity contribution in [1.29, 1.82) is 0 Å². The molecule has 0 bridgehead atoms. The number of nitrogens with zero attached hydrogens (tertiary/aromatic N) is 4. The molecule has 0 spiro atoms. The molecule has 0 saturated heterocycles. The molecule has 12 heteroatoms. The van der Waals surface area contributed by atoms with Crippen LogP contribution in [-0.2, 0) is 38.4 Å². The number of carbonyl (C=O) groups is 8. The van der Waals surface area contributed by atoms with Crippen LogP contribution in [0.2, 0.25) is 0 Å². The zero-order valence-electron chi connectivity index (χ0n) is 18.2. The topological polar surface area (TPSA) is 150 Å². The molecule has 0 N–H and O–H groups in total. The molecule has 5 rings (SSSR count). The Kier molecular flexibility index (Phi) is 5.13. The summed E-state index contributed by atoms with van der Waals surface area (Å²) in [7, 11) is 0. The molecule has 0 fully saturated rings. The quantitative estimate of drug-likeness (QED) is 0.486. The second-order valence-corrected chi connectivity index (χ2v) is 7.95. The summed E-state index contributed by atoms with van der Waals surface area (Å²) >= 11 is 0. The van der Waals surface area contributed by atoms with Crippen LogP contribution >= 0.6 is 0 Å². The molecule has 8 amide bonds. The molecular weight excluding hydrogens is 472 g/mol. The SMILES string of the molecule is O=C1C=CC(=O)N1CC(c1cc(N2C(=O)C=CC2=O)ccc1N1C(=O)C=CC1=O)N1C(=O)C=CC1=O. The minimum atomic E-state index is -1.37. The first-order valence-electron chi connectivity index (χ1n) is 10.5. The van der Waals surface area contributed by atoms with Crippen LogP contribution in [0.3, 0.4) is 0 Å². The lowest BCUT2D eigenvalue weighted by Crippen LogP contribution is -2.44. The minimum Gasteiger partial charge on any atom is -0.273 e. The lowest BCUT2D eigenvalue weighted by atomic mass is 9.99. The maximum atomic E-state index is 12.7. The van der Waals surface area contributed by atoms with Crippen molar-refractivity contribution in [3.63, 3.8) is 0 Å². The number of imide groups is 4. The summed E-state index contributed by atoms with van der Waals surface area (Å²) in [6.07, 6.45) is 8.19. The predicted octanol–water partition coefficient (Wildman–Crippen LogP) is -0.564. The molecular formula is C24H14N4O8. The van der Waals surface area contributed by atoms with Gasteiger partial charge in [0, 0.05) is 54.2 Å². The fourth-order valence-corrected chi connectivity index (χ4v) is 4.27. The van der Waals surface area contributed by atoms with Gasteiger partial charge in [0.2, 0.25) is 0 Å². The van der Waals surface area contributed by atoms with Crippen molar-refractivity contribution in [2.45, 2.75) is 6.04 Å². The highest BCUT2D eigenvalue weighted by Gasteiger charge is 2.40. The first-order chi connectivity index (χ1) is 17.2. The van der Waals surface area contributed by atoms with E-state index in [1.807, 2.05) is 0 Å². The first-order valence-corrected chi connectivity index (χ1v) is 10.5. The van der Waals surface area contributed by atoms with Crippen LogP contribution in [0.4, 0.5) is 11.4 Å². The van der Waals surface area contributed by atoms with Gasteiger partial charge in [-0.15, -0.1) is 0 Å². The Morgan fingerprint density at radius 3 is 1.50 bits per heavy atom. The summed E-state index contributed by atoms with van der Waals surface area (Å²) in [5, 5.41) is 0. The summed E-state index contributed by atoms with van der Waals surface area (Å²) in [5.41, 5.74) is -0.0614. The van der Waals surface area contributed by atoms with E-state index in [1.165, 1.54) is 18.2 Å². The van der Waals surface area contributed by atoms with E-state index in [0.717, 1.165) is 68.2 Å². The molecule has 1 aromatic rings. The third-order valence-corrected chi connectivity index (χ3v) is 5.90. The van der Waals surface area contributed by atoms with Gasteiger partial charge in [0.15, 0.2) is 0 Å². The highest BCUT2D eigenvalue weighted by molar-refractivity contribution is 6.30. The molecule has 178 valence electrons. The fraction of sp³-hybridized carbons (Fsp3) is 0.0833. The van der Waals surface area contributed by atoms with Gasteiger partial charge in [0.05, 0.1) is 24.0 Å². The van der Waals surface area contributed by atoms with Crippen molar-refractivity contribution in [3.05, 3.63) is 72.4 Å².